The summed E-state index contributed by atoms with van der Waals surface area (Å²) in [4.78, 5) is 28.7. The normalized spacial score (nSPS) is 11.7. The van der Waals surface area contributed by atoms with Crippen molar-refractivity contribution in [2.24, 2.45) is 0 Å². The van der Waals surface area contributed by atoms with Crippen molar-refractivity contribution in [1.82, 2.24) is 4.90 Å². The lowest BCUT2D eigenvalue weighted by Crippen LogP contribution is -2.39. The zero-order chi connectivity index (χ0) is 22.2. The summed E-state index contributed by atoms with van der Waals surface area (Å²) >= 11 is 1.57. The predicted molar refractivity (Wildman–Crippen MR) is 128 cm³/mol. The van der Waals surface area contributed by atoms with Crippen LogP contribution < -0.4 is 10.6 Å². The molecule has 31 heavy (non-hydrogen) atoms. The van der Waals surface area contributed by atoms with Crippen LogP contribution in [0.4, 0.5) is 11.4 Å². The van der Waals surface area contributed by atoms with Gasteiger partial charge in [0.15, 0.2) is 0 Å². The fraction of sp³-hybridized carbons (Fsp3) is 0.200. The number of carbonyl (C=O) groups excluding carboxylic acids is 2. The molecule has 6 heteroatoms. The summed E-state index contributed by atoms with van der Waals surface area (Å²) < 4.78 is 0. The highest BCUT2D eigenvalue weighted by Gasteiger charge is 2.27. The second-order valence-corrected chi connectivity index (χ2v) is 8.18. The van der Waals surface area contributed by atoms with Crippen LogP contribution in [0.25, 0.3) is 0 Å². The number of nitrogens with zero attached hydrogens (tertiary/aromatic N) is 1. The number of carbonyl (C=O) groups is 2. The molecule has 3 aromatic rings. The van der Waals surface area contributed by atoms with Crippen LogP contribution in [0, 0.1) is 6.92 Å². The third-order valence-corrected chi connectivity index (χ3v) is 5.69. The van der Waals surface area contributed by atoms with E-state index in [0.717, 1.165) is 27.4 Å². The summed E-state index contributed by atoms with van der Waals surface area (Å²) in [5.74, 6) is -0.358. The number of anilines is 2. The molecule has 0 heterocycles. The van der Waals surface area contributed by atoms with Crippen molar-refractivity contribution in [3.05, 3.63) is 90.0 Å². The maximum atomic E-state index is 13.2. The van der Waals surface area contributed by atoms with E-state index in [1.165, 1.54) is 0 Å². The number of hydrogen-bond donors (Lipinski definition) is 2. The third kappa shape index (κ3) is 6.20. The Morgan fingerprint density at radius 1 is 0.903 bits per heavy atom. The SMILES string of the molecule is CSc1ccccc1NC(=O)CN(C)C(C(=O)Nc1ccc(C)cc1)c1ccccc1. The van der Waals surface area contributed by atoms with Gasteiger partial charge in [0.1, 0.15) is 6.04 Å². The van der Waals surface area contributed by atoms with Gasteiger partial charge in [-0.25, -0.2) is 0 Å². The van der Waals surface area contributed by atoms with Crippen molar-refractivity contribution in [2.45, 2.75) is 17.9 Å². The number of amides is 2. The van der Waals surface area contributed by atoms with Gasteiger partial charge in [0.25, 0.3) is 0 Å². The first kappa shape index (κ1) is 22.6. The molecule has 2 N–H and O–H groups in total. The molecule has 0 radical (unpaired) electrons. The summed E-state index contributed by atoms with van der Waals surface area (Å²) in [6, 6.07) is 24.2. The van der Waals surface area contributed by atoms with E-state index in [4.69, 9.17) is 0 Å². The molecule has 160 valence electrons. The number of para-hydroxylation sites is 1. The van der Waals surface area contributed by atoms with Crippen LogP contribution in [0.3, 0.4) is 0 Å². The number of likely N-dealkylation sites (N-methyl/N-ethyl adjacent to an activating group) is 1. The summed E-state index contributed by atoms with van der Waals surface area (Å²) in [6.45, 7) is 2.07. The van der Waals surface area contributed by atoms with Gasteiger partial charge in [-0.15, -0.1) is 11.8 Å². The molecular formula is C25H27N3O2S. The van der Waals surface area contributed by atoms with Crippen LogP contribution in [0.1, 0.15) is 17.2 Å². The molecular weight excluding hydrogens is 406 g/mol. The highest BCUT2D eigenvalue weighted by molar-refractivity contribution is 7.98. The zero-order valence-corrected chi connectivity index (χ0v) is 18.8. The van der Waals surface area contributed by atoms with Crippen molar-refractivity contribution in [1.29, 1.82) is 0 Å². The molecule has 0 fully saturated rings. The van der Waals surface area contributed by atoms with Crippen LogP contribution in [0.15, 0.2) is 83.8 Å². The van der Waals surface area contributed by atoms with E-state index in [9.17, 15) is 9.59 Å². The lowest BCUT2D eigenvalue weighted by Gasteiger charge is -2.27. The van der Waals surface area contributed by atoms with E-state index in [1.807, 2.05) is 92.0 Å². The Labute approximate surface area is 187 Å². The van der Waals surface area contributed by atoms with E-state index in [0.29, 0.717) is 0 Å². The minimum Gasteiger partial charge on any atom is -0.324 e. The molecule has 0 aliphatic carbocycles. The highest BCUT2D eigenvalue weighted by atomic mass is 32.2. The van der Waals surface area contributed by atoms with Gasteiger partial charge >= 0.3 is 0 Å². The first-order chi connectivity index (χ1) is 15.0. The summed E-state index contributed by atoms with van der Waals surface area (Å²) in [7, 11) is 1.78. The van der Waals surface area contributed by atoms with Crippen molar-refractivity contribution in [3.63, 3.8) is 0 Å². The van der Waals surface area contributed by atoms with Crippen molar-refractivity contribution in [2.75, 3.05) is 30.5 Å². The van der Waals surface area contributed by atoms with Crippen LogP contribution in [-0.2, 0) is 9.59 Å². The van der Waals surface area contributed by atoms with E-state index in [-0.39, 0.29) is 18.4 Å². The van der Waals surface area contributed by atoms with Crippen LogP contribution in [-0.4, -0.2) is 36.6 Å². The number of aryl methyl sites for hydroxylation is 1. The molecule has 0 spiro atoms. The number of hydrogen-bond acceptors (Lipinski definition) is 4. The van der Waals surface area contributed by atoms with Crippen LogP contribution >= 0.6 is 11.8 Å². The molecule has 0 saturated heterocycles. The third-order valence-electron chi connectivity index (χ3n) is 4.90. The molecule has 0 aliphatic rings. The molecule has 2 amide bonds. The Morgan fingerprint density at radius 3 is 2.23 bits per heavy atom. The van der Waals surface area contributed by atoms with Gasteiger partial charge < -0.3 is 10.6 Å². The van der Waals surface area contributed by atoms with E-state index < -0.39 is 6.04 Å². The van der Waals surface area contributed by atoms with Crippen molar-refractivity contribution >= 4 is 35.0 Å². The molecule has 0 aliphatic heterocycles. The molecule has 0 aromatic heterocycles. The van der Waals surface area contributed by atoms with Crippen molar-refractivity contribution < 1.29 is 9.59 Å². The quantitative estimate of drug-likeness (QED) is 0.493. The standard InChI is InChI=1S/C25H27N3O2S/c1-18-13-15-20(16-14-18)26-25(30)24(19-9-5-4-6-10-19)28(2)17-23(29)27-21-11-7-8-12-22(21)31-3/h4-16,24H,17H2,1-3H3,(H,26,30)(H,27,29). The number of rotatable bonds is 8. The van der Waals surface area contributed by atoms with Gasteiger partial charge in [0.2, 0.25) is 11.8 Å². The molecule has 0 bridgehead atoms. The molecule has 3 aromatic carbocycles. The fourth-order valence-corrected chi connectivity index (χ4v) is 3.90. The van der Waals surface area contributed by atoms with Crippen LogP contribution in [0.2, 0.25) is 0 Å². The molecule has 5 nitrogen and oxygen atoms in total. The van der Waals surface area contributed by atoms with Gasteiger partial charge in [-0.2, -0.15) is 0 Å². The largest absolute Gasteiger partial charge is 0.324 e. The second-order valence-electron chi connectivity index (χ2n) is 7.33. The summed E-state index contributed by atoms with van der Waals surface area (Å²) in [6.07, 6.45) is 1.97. The first-order valence-corrected chi connectivity index (χ1v) is 11.3. The Balaban J connectivity index is 1.76. The molecule has 1 atom stereocenters. The molecule has 0 saturated carbocycles. The topological polar surface area (TPSA) is 61.4 Å². The molecule has 3 rings (SSSR count). The maximum Gasteiger partial charge on any atom is 0.246 e. The lowest BCUT2D eigenvalue weighted by molar-refractivity contribution is -0.123. The zero-order valence-electron chi connectivity index (χ0n) is 18.0. The highest BCUT2D eigenvalue weighted by Crippen LogP contribution is 2.25. The van der Waals surface area contributed by atoms with E-state index in [1.54, 1.807) is 23.7 Å². The Kier molecular flexibility index (Phi) is 7.87. The molecule has 1 unspecified atom stereocenters. The van der Waals surface area contributed by atoms with E-state index >= 15 is 0 Å². The van der Waals surface area contributed by atoms with Gasteiger partial charge in [-0.05, 0) is 50.1 Å². The van der Waals surface area contributed by atoms with Gasteiger partial charge in [0.05, 0.1) is 12.2 Å². The average Bonchev–Trinajstić information content (AvgIpc) is 2.76. The first-order valence-electron chi connectivity index (χ1n) is 10.0. The lowest BCUT2D eigenvalue weighted by atomic mass is 10.0. The van der Waals surface area contributed by atoms with Crippen molar-refractivity contribution in [3.8, 4) is 0 Å². The maximum absolute atomic E-state index is 13.2. The minimum absolute atomic E-state index is 0.0730. The Morgan fingerprint density at radius 2 is 1.55 bits per heavy atom. The van der Waals surface area contributed by atoms with Crippen LogP contribution in [0.5, 0.6) is 0 Å². The summed E-state index contributed by atoms with van der Waals surface area (Å²) in [5, 5.41) is 5.93. The predicted octanol–water partition coefficient (Wildman–Crippen LogP) is 4.97. The average molecular weight is 434 g/mol. The van der Waals surface area contributed by atoms with Gasteiger partial charge in [0, 0.05) is 10.6 Å². The smallest absolute Gasteiger partial charge is 0.246 e. The Hall–Kier alpha value is -3.09. The number of thioether (sulfide) groups is 1. The number of benzene rings is 3. The minimum atomic E-state index is -0.607. The fourth-order valence-electron chi connectivity index (χ4n) is 3.34. The second kappa shape index (κ2) is 10.8. The van der Waals surface area contributed by atoms with Gasteiger partial charge in [-0.1, -0.05) is 60.2 Å². The monoisotopic (exact) mass is 433 g/mol. The number of nitrogens with one attached hydrogen (secondary N) is 2. The Bertz CT molecular complexity index is 1020. The summed E-state index contributed by atoms with van der Waals surface area (Å²) in [5.41, 5.74) is 3.45. The van der Waals surface area contributed by atoms with Gasteiger partial charge in [-0.3, -0.25) is 14.5 Å². The van der Waals surface area contributed by atoms with E-state index in [2.05, 4.69) is 10.6 Å².